The molecule has 0 aromatic heterocycles. The van der Waals surface area contributed by atoms with E-state index < -0.39 is 0 Å². The van der Waals surface area contributed by atoms with Gasteiger partial charge in [0.15, 0.2) is 5.81 Å². The van der Waals surface area contributed by atoms with Gasteiger partial charge in [-0.1, -0.05) is 35.8 Å². The first kappa shape index (κ1) is 18.0. The Morgan fingerprint density at radius 2 is 1.82 bits per heavy atom. The molecule has 1 amide bonds. The van der Waals surface area contributed by atoms with E-state index in [1.807, 2.05) is 49.3 Å². The van der Waals surface area contributed by atoms with Gasteiger partial charge in [-0.2, -0.15) is 0 Å². The molecule has 0 aliphatic heterocycles. The van der Waals surface area contributed by atoms with E-state index in [0.29, 0.717) is 6.54 Å². The Balaban J connectivity index is 0. The number of carbonyl (C=O) groups is 1. The average molecular weight is 239 g/mol. The van der Waals surface area contributed by atoms with Crippen molar-refractivity contribution in [1.29, 1.82) is 0 Å². The molecule has 0 aliphatic carbocycles. The topological polar surface area (TPSA) is 95.3 Å². The largest absolute Gasteiger partial charge is 0.412 e. The van der Waals surface area contributed by atoms with Crippen LogP contribution in [0.15, 0.2) is 30.3 Å². The molecule has 1 rings (SSSR count). The number of hydrogen-bond donors (Lipinski definition) is 1. The van der Waals surface area contributed by atoms with Gasteiger partial charge in [0.2, 0.25) is 0 Å². The third-order valence-electron chi connectivity index (χ3n) is 1.96. The van der Waals surface area contributed by atoms with E-state index in [0.717, 1.165) is 12.0 Å². The predicted octanol–water partition coefficient (Wildman–Crippen LogP) is -1.36. The Labute approximate surface area is 103 Å². The van der Waals surface area contributed by atoms with E-state index in [1.54, 1.807) is 7.28 Å². The van der Waals surface area contributed by atoms with E-state index in [9.17, 15) is 4.79 Å². The molecule has 95 valence electrons. The molecule has 1 aromatic rings. The van der Waals surface area contributed by atoms with Gasteiger partial charge in [-0.3, -0.25) is 4.79 Å². The van der Waals surface area contributed by atoms with E-state index in [-0.39, 0.29) is 16.8 Å². The molecule has 1 aromatic carbocycles. The van der Waals surface area contributed by atoms with Crippen LogP contribution in [-0.4, -0.2) is 56.1 Å². The Morgan fingerprint density at radius 1 is 1.24 bits per heavy atom. The number of carbonyl (C=O) groups excluding carboxylic acids is 1. The van der Waals surface area contributed by atoms with E-state index in [1.165, 1.54) is 0 Å². The summed E-state index contributed by atoms with van der Waals surface area (Å²) in [6, 6.07) is 9.58. The normalized spacial score (nSPS) is 8.88. The maximum absolute atomic E-state index is 11.4. The van der Waals surface area contributed by atoms with Crippen molar-refractivity contribution in [2.75, 3.05) is 27.2 Å². The van der Waals surface area contributed by atoms with Gasteiger partial charge in [0.1, 0.15) is 0 Å². The lowest BCUT2D eigenvalue weighted by Gasteiger charge is -2.10. The molecule has 6 heteroatoms. The molecule has 5 N–H and O–H groups in total. The van der Waals surface area contributed by atoms with Gasteiger partial charge in [0.05, 0.1) is 0 Å². The average Bonchev–Trinajstić information content (AvgIpc) is 2.18. The first-order valence-corrected chi connectivity index (χ1v) is 5.01. The standard InChI is InChI=1S/C11H16BN2O.2H2O/c1-14(2)9-8-13-11(15)12-10-6-4-3-5-7-10;;/h3-7H,8-9H2,1-2H3,(H,13,15);2*1H2. The van der Waals surface area contributed by atoms with Crippen molar-refractivity contribution >= 4 is 18.5 Å². The van der Waals surface area contributed by atoms with Gasteiger partial charge < -0.3 is 21.2 Å². The van der Waals surface area contributed by atoms with Crippen LogP contribution in [0.3, 0.4) is 0 Å². The lowest BCUT2D eigenvalue weighted by molar-refractivity contribution is 0.258. The lowest BCUT2D eigenvalue weighted by atomic mass is 9.69. The molecule has 5 nitrogen and oxygen atoms in total. The maximum Gasteiger partial charge on any atom is 0.271 e. The summed E-state index contributed by atoms with van der Waals surface area (Å²) in [5.41, 5.74) is 0.930. The van der Waals surface area contributed by atoms with Crippen LogP contribution in [0.4, 0.5) is 4.79 Å². The summed E-state index contributed by atoms with van der Waals surface area (Å²) in [6.45, 7) is 1.53. The first-order chi connectivity index (χ1) is 7.18. The Bertz CT molecular complexity index is 307. The van der Waals surface area contributed by atoms with E-state index >= 15 is 0 Å². The molecule has 0 fully saturated rings. The predicted molar refractivity (Wildman–Crippen MR) is 71.0 cm³/mol. The van der Waals surface area contributed by atoms with Crippen LogP contribution in [0, 0.1) is 0 Å². The maximum atomic E-state index is 11.4. The molecular weight excluding hydrogens is 219 g/mol. The fourth-order valence-corrected chi connectivity index (χ4v) is 1.15. The van der Waals surface area contributed by atoms with Crippen molar-refractivity contribution in [3.8, 4) is 0 Å². The van der Waals surface area contributed by atoms with Crippen molar-refractivity contribution in [2.24, 2.45) is 0 Å². The molecule has 0 saturated carbocycles. The zero-order chi connectivity index (χ0) is 11.1. The van der Waals surface area contributed by atoms with Gasteiger partial charge in [-0.25, -0.2) is 0 Å². The molecule has 1 radical (unpaired) electrons. The summed E-state index contributed by atoms with van der Waals surface area (Å²) in [5, 5.41) is 2.83. The summed E-state index contributed by atoms with van der Waals surface area (Å²) in [6.07, 6.45) is 0. The second kappa shape index (κ2) is 9.83. The summed E-state index contributed by atoms with van der Waals surface area (Å²) in [4.78, 5) is 13.4. The van der Waals surface area contributed by atoms with Crippen LogP contribution in [0.5, 0.6) is 0 Å². The Hall–Kier alpha value is -1.37. The number of likely N-dealkylation sites (N-methyl/N-ethyl adjacent to an activating group) is 1. The highest BCUT2D eigenvalue weighted by Crippen LogP contribution is 1.82. The Morgan fingerprint density at radius 3 is 2.35 bits per heavy atom. The number of amides is 1. The number of nitrogens with one attached hydrogen (secondary N) is 1. The fourth-order valence-electron chi connectivity index (χ4n) is 1.15. The van der Waals surface area contributed by atoms with E-state index in [4.69, 9.17) is 0 Å². The van der Waals surface area contributed by atoms with Crippen molar-refractivity contribution in [2.45, 2.75) is 0 Å². The number of rotatable bonds is 5. The summed E-state index contributed by atoms with van der Waals surface area (Å²) in [5.74, 6) is -0.0388. The molecule has 0 atom stereocenters. The summed E-state index contributed by atoms with van der Waals surface area (Å²) in [7, 11) is 5.57. The molecule has 0 heterocycles. The fraction of sp³-hybridized carbons (Fsp3) is 0.364. The molecule has 17 heavy (non-hydrogen) atoms. The minimum atomic E-state index is -0.0388. The number of benzene rings is 1. The smallest absolute Gasteiger partial charge is 0.271 e. The second-order valence-corrected chi connectivity index (χ2v) is 3.65. The zero-order valence-corrected chi connectivity index (χ0v) is 10.2. The highest BCUT2D eigenvalue weighted by molar-refractivity contribution is 6.83. The molecule has 0 bridgehead atoms. The van der Waals surface area contributed by atoms with Gasteiger partial charge in [-0.15, -0.1) is 0 Å². The first-order valence-electron chi connectivity index (χ1n) is 5.01. The lowest BCUT2D eigenvalue weighted by Crippen LogP contribution is -2.37. The monoisotopic (exact) mass is 239 g/mol. The highest BCUT2D eigenvalue weighted by Gasteiger charge is 2.04. The second-order valence-electron chi connectivity index (χ2n) is 3.65. The van der Waals surface area contributed by atoms with Gasteiger partial charge in [-0.05, 0) is 14.1 Å². The van der Waals surface area contributed by atoms with Crippen LogP contribution in [0.25, 0.3) is 0 Å². The zero-order valence-electron chi connectivity index (χ0n) is 10.2. The molecule has 0 unspecified atom stereocenters. The number of hydrogen-bond acceptors (Lipinski definition) is 2. The summed E-state index contributed by atoms with van der Waals surface area (Å²) >= 11 is 0. The number of nitrogens with zero attached hydrogens (tertiary/aromatic N) is 1. The van der Waals surface area contributed by atoms with Crippen molar-refractivity contribution in [3.05, 3.63) is 30.3 Å². The van der Waals surface area contributed by atoms with Crippen LogP contribution in [0.1, 0.15) is 0 Å². The third-order valence-corrected chi connectivity index (χ3v) is 1.96. The third kappa shape index (κ3) is 8.44. The Kier molecular flexibility index (Phi) is 10.4. The quantitative estimate of drug-likeness (QED) is 0.642. The van der Waals surface area contributed by atoms with Crippen molar-refractivity contribution in [3.63, 3.8) is 0 Å². The van der Waals surface area contributed by atoms with Gasteiger partial charge in [0.25, 0.3) is 7.28 Å². The van der Waals surface area contributed by atoms with Crippen molar-refractivity contribution in [1.82, 2.24) is 10.2 Å². The summed E-state index contributed by atoms with van der Waals surface area (Å²) < 4.78 is 0. The molecule has 0 aliphatic rings. The van der Waals surface area contributed by atoms with Crippen LogP contribution in [0.2, 0.25) is 0 Å². The van der Waals surface area contributed by atoms with Crippen LogP contribution >= 0.6 is 0 Å². The van der Waals surface area contributed by atoms with Gasteiger partial charge >= 0.3 is 0 Å². The SMILES string of the molecule is CN(C)CCNC(=O)[B]c1ccccc1.O.O. The molecule has 0 spiro atoms. The minimum Gasteiger partial charge on any atom is -0.412 e. The van der Waals surface area contributed by atoms with Crippen LogP contribution < -0.4 is 10.8 Å². The molecular formula is C11H20BN2O3. The van der Waals surface area contributed by atoms with Crippen LogP contribution in [-0.2, 0) is 0 Å². The minimum absolute atomic E-state index is 0. The van der Waals surface area contributed by atoms with Crippen molar-refractivity contribution < 1.29 is 15.7 Å². The van der Waals surface area contributed by atoms with Gasteiger partial charge in [0, 0.05) is 13.1 Å². The van der Waals surface area contributed by atoms with E-state index in [2.05, 4.69) is 5.32 Å². The molecule has 0 saturated heterocycles. The highest BCUT2D eigenvalue weighted by atomic mass is 16.1.